The third-order valence-corrected chi connectivity index (χ3v) is 5.29. The van der Waals surface area contributed by atoms with Crippen LogP contribution in [0.1, 0.15) is 23.8 Å². The first-order valence-corrected chi connectivity index (χ1v) is 8.48. The zero-order valence-electron chi connectivity index (χ0n) is 12.4. The van der Waals surface area contributed by atoms with Crippen LogP contribution < -0.4 is 0 Å². The molecule has 5 nitrogen and oxygen atoms in total. The van der Waals surface area contributed by atoms with Crippen molar-refractivity contribution in [1.82, 2.24) is 9.88 Å². The number of nitrogens with zero attached hydrogens (tertiary/aromatic N) is 2. The maximum Gasteiger partial charge on any atom is 0.308 e. The largest absolute Gasteiger partial charge is 0.481 e. The van der Waals surface area contributed by atoms with Crippen molar-refractivity contribution in [1.29, 1.82) is 0 Å². The van der Waals surface area contributed by atoms with E-state index in [9.17, 15) is 9.59 Å². The highest BCUT2D eigenvalue weighted by atomic mass is 35.5. The van der Waals surface area contributed by atoms with Crippen molar-refractivity contribution in [3.05, 3.63) is 40.4 Å². The number of hydrogen-bond donors (Lipinski definition) is 1. The van der Waals surface area contributed by atoms with E-state index in [0.29, 0.717) is 23.7 Å². The van der Waals surface area contributed by atoms with Gasteiger partial charge in [-0.25, -0.2) is 4.98 Å². The molecular weight excluding hydrogens is 336 g/mol. The average molecular weight is 351 g/mol. The number of rotatable bonds is 3. The Balaban J connectivity index is 1.79. The standard InChI is InChI=1S/C16H15ClN2O3S/c1-9-12(16(21)22)6-7-19(9)15(20)13-8-23-14(18-13)10-2-4-11(17)5-3-10/h2-5,8-9,12H,6-7H2,1H3,(H,21,22). The van der Waals surface area contributed by atoms with Gasteiger partial charge in [0.05, 0.1) is 5.92 Å². The lowest BCUT2D eigenvalue weighted by Crippen LogP contribution is -2.37. The fourth-order valence-corrected chi connectivity index (χ4v) is 3.73. The molecule has 1 aliphatic rings. The molecule has 7 heteroatoms. The van der Waals surface area contributed by atoms with Crippen LogP contribution in [0.25, 0.3) is 10.6 Å². The van der Waals surface area contributed by atoms with Crippen LogP contribution in [0.5, 0.6) is 0 Å². The molecule has 0 radical (unpaired) electrons. The van der Waals surface area contributed by atoms with Crippen LogP contribution in [0.2, 0.25) is 5.02 Å². The van der Waals surface area contributed by atoms with E-state index in [2.05, 4.69) is 4.98 Å². The Hall–Kier alpha value is -1.92. The highest BCUT2D eigenvalue weighted by Gasteiger charge is 2.38. The van der Waals surface area contributed by atoms with Gasteiger partial charge in [0.1, 0.15) is 10.7 Å². The highest BCUT2D eigenvalue weighted by molar-refractivity contribution is 7.13. The van der Waals surface area contributed by atoms with E-state index < -0.39 is 11.9 Å². The van der Waals surface area contributed by atoms with Crippen molar-refractivity contribution >= 4 is 34.8 Å². The van der Waals surface area contributed by atoms with Gasteiger partial charge in [-0.3, -0.25) is 9.59 Å². The lowest BCUT2D eigenvalue weighted by molar-refractivity contribution is -0.142. The molecule has 2 aromatic rings. The number of aliphatic carboxylic acids is 1. The van der Waals surface area contributed by atoms with E-state index in [-0.39, 0.29) is 11.9 Å². The number of halogens is 1. The number of thiazole rings is 1. The molecule has 1 saturated heterocycles. The zero-order valence-corrected chi connectivity index (χ0v) is 14.0. The first-order valence-electron chi connectivity index (χ1n) is 7.22. The van der Waals surface area contributed by atoms with Crippen LogP contribution in [0.3, 0.4) is 0 Å². The molecule has 2 heterocycles. The zero-order chi connectivity index (χ0) is 16.6. The normalized spacial score (nSPS) is 20.7. The second kappa shape index (κ2) is 6.29. The van der Waals surface area contributed by atoms with Gasteiger partial charge in [0.25, 0.3) is 5.91 Å². The van der Waals surface area contributed by atoms with E-state index in [0.717, 1.165) is 10.6 Å². The summed E-state index contributed by atoms with van der Waals surface area (Å²) in [5.41, 5.74) is 1.26. The number of aromatic nitrogens is 1. The molecule has 0 spiro atoms. The molecule has 1 N–H and O–H groups in total. The molecule has 3 rings (SSSR count). The number of carboxylic acids is 1. The molecule has 0 saturated carbocycles. The lowest BCUT2D eigenvalue weighted by Gasteiger charge is -2.22. The van der Waals surface area contributed by atoms with Crippen molar-refractivity contribution in [3.63, 3.8) is 0 Å². The minimum atomic E-state index is -0.854. The van der Waals surface area contributed by atoms with E-state index in [1.165, 1.54) is 11.3 Å². The summed E-state index contributed by atoms with van der Waals surface area (Å²) in [4.78, 5) is 29.7. The minimum Gasteiger partial charge on any atom is -0.481 e. The molecule has 0 bridgehead atoms. The van der Waals surface area contributed by atoms with Crippen LogP contribution >= 0.6 is 22.9 Å². The summed E-state index contributed by atoms with van der Waals surface area (Å²) in [6.45, 7) is 2.22. The summed E-state index contributed by atoms with van der Waals surface area (Å²) >= 11 is 7.26. The molecule has 1 aromatic carbocycles. The number of likely N-dealkylation sites (tertiary alicyclic amines) is 1. The van der Waals surface area contributed by atoms with Crippen LogP contribution in [-0.4, -0.2) is 39.5 Å². The summed E-state index contributed by atoms with van der Waals surface area (Å²) < 4.78 is 0. The second-order valence-electron chi connectivity index (χ2n) is 5.52. The maximum absolute atomic E-state index is 12.6. The Labute approximate surface area is 142 Å². The number of carboxylic acid groups (broad SMARTS) is 1. The van der Waals surface area contributed by atoms with Gasteiger partial charge in [-0.15, -0.1) is 11.3 Å². The van der Waals surface area contributed by atoms with Crippen LogP contribution in [0.4, 0.5) is 0 Å². The summed E-state index contributed by atoms with van der Waals surface area (Å²) in [6, 6.07) is 6.95. The molecule has 120 valence electrons. The molecule has 2 atom stereocenters. The quantitative estimate of drug-likeness (QED) is 0.921. The van der Waals surface area contributed by atoms with Crippen molar-refractivity contribution in [2.24, 2.45) is 5.92 Å². The summed E-state index contributed by atoms with van der Waals surface area (Å²) in [5.74, 6) is -1.57. The van der Waals surface area contributed by atoms with Crippen molar-refractivity contribution in [2.45, 2.75) is 19.4 Å². The maximum atomic E-state index is 12.6. The SMILES string of the molecule is CC1C(C(=O)O)CCN1C(=O)c1csc(-c2ccc(Cl)cc2)n1. The van der Waals surface area contributed by atoms with Gasteiger partial charge in [0, 0.05) is 28.6 Å². The van der Waals surface area contributed by atoms with Gasteiger partial charge in [0.2, 0.25) is 0 Å². The van der Waals surface area contributed by atoms with Gasteiger partial charge >= 0.3 is 5.97 Å². The predicted octanol–water partition coefficient (Wildman–Crippen LogP) is 3.40. The predicted molar refractivity (Wildman–Crippen MR) is 88.8 cm³/mol. The molecule has 1 aromatic heterocycles. The number of benzene rings is 1. The molecule has 23 heavy (non-hydrogen) atoms. The van der Waals surface area contributed by atoms with Crippen molar-refractivity contribution < 1.29 is 14.7 Å². The average Bonchev–Trinajstić information content (AvgIpc) is 3.14. The Morgan fingerprint density at radius 2 is 2.04 bits per heavy atom. The van der Waals surface area contributed by atoms with Crippen molar-refractivity contribution in [2.75, 3.05) is 6.54 Å². The van der Waals surface area contributed by atoms with Gasteiger partial charge < -0.3 is 10.0 Å². The molecule has 0 aliphatic carbocycles. The summed E-state index contributed by atoms with van der Waals surface area (Å²) in [5, 5.41) is 12.3. The smallest absolute Gasteiger partial charge is 0.308 e. The summed E-state index contributed by atoms with van der Waals surface area (Å²) in [7, 11) is 0. The van der Waals surface area contributed by atoms with Crippen LogP contribution in [0.15, 0.2) is 29.6 Å². The number of amides is 1. The summed E-state index contributed by atoms with van der Waals surface area (Å²) in [6.07, 6.45) is 0.483. The third kappa shape index (κ3) is 3.09. The first kappa shape index (κ1) is 16.0. The van der Waals surface area contributed by atoms with Crippen molar-refractivity contribution in [3.8, 4) is 10.6 Å². The van der Waals surface area contributed by atoms with E-state index >= 15 is 0 Å². The lowest BCUT2D eigenvalue weighted by atomic mass is 10.0. The number of hydrogen-bond acceptors (Lipinski definition) is 4. The van der Waals surface area contributed by atoms with Gasteiger partial charge in [-0.05, 0) is 25.5 Å². The Morgan fingerprint density at radius 3 is 2.65 bits per heavy atom. The molecular formula is C16H15ClN2O3S. The number of carbonyl (C=O) groups is 2. The fourth-order valence-electron chi connectivity index (χ4n) is 2.80. The monoisotopic (exact) mass is 350 g/mol. The molecule has 1 aliphatic heterocycles. The highest BCUT2D eigenvalue weighted by Crippen LogP contribution is 2.29. The minimum absolute atomic E-state index is 0.210. The van der Waals surface area contributed by atoms with E-state index in [1.54, 1.807) is 29.3 Å². The van der Waals surface area contributed by atoms with Gasteiger partial charge in [-0.1, -0.05) is 23.7 Å². The van der Waals surface area contributed by atoms with Crippen LogP contribution in [0, 0.1) is 5.92 Å². The Bertz CT molecular complexity index is 744. The Kier molecular flexibility index (Phi) is 4.37. The van der Waals surface area contributed by atoms with E-state index in [4.69, 9.17) is 16.7 Å². The third-order valence-electron chi connectivity index (χ3n) is 4.15. The van der Waals surface area contributed by atoms with Crippen LogP contribution in [-0.2, 0) is 4.79 Å². The second-order valence-corrected chi connectivity index (χ2v) is 6.81. The fraction of sp³-hybridized carbons (Fsp3) is 0.312. The number of carbonyl (C=O) groups excluding carboxylic acids is 1. The van der Waals surface area contributed by atoms with Gasteiger partial charge in [0.15, 0.2) is 0 Å². The first-order chi connectivity index (χ1) is 11.0. The molecule has 1 fully saturated rings. The molecule has 2 unspecified atom stereocenters. The van der Waals surface area contributed by atoms with Gasteiger partial charge in [-0.2, -0.15) is 0 Å². The topological polar surface area (TPSA) is 70.5 Å². The Morgan fingerprint density at radius 1 is 1.35 bits per heavy atom. The molecule has 1 amide bonds. The van der Waals surface area contributed by atoms with E-state index in [1.807, 2.05) is 12.1 Å².